The summed E-state index contributed by atoms with van der Waals surface area (Å²) in [7, 11) is 0. The highest BCUT2D eigenvalue weighted by molar-refractivity contribution is 7.80. The van der Waals surface area contributed by atoms with Crippen LogP contribution in [0.5, 0.6) is 11.5 Å². The van der Waals surface area contributed by atoms with Gasteiger partial charge >= 0.3 is 5.97 Å². The summed E-state index contributed by atoms with van der Waals surface area (Å²) in [5, 5.41) is 23.5. The number of aliphatic carboxylic acids is 1. The minimum atomic E-state index is -1.12. The highest BCUT2D eigenvalue weighted by Gasteiger charge is 2.23. The van der Waals surface area contributed by atoms with Crippen molar-refractivity contribution in [2.24, 2.45) is 5.92 Å². The summed E-state index contributed by atoms with van der Waals surface area (Å²) in [6.45, 7) is 3.88. The standard InChI is InChI=1S/C19H21N3O5S/c1-11(2)9-26-15-5-3-4-12(17(15)27-10-16(23)24)6-7-14-13(8-20)18(25)22-19(28)21-14/h3-7,11,19,21,28H,9-10H2,1-2H3,(H,22,25)(H,23,24)/b7-6+. The van der Waals surface area contributed by atoms with E-state index < -0.39 is 24.0 Å². The lowest BCUT2D eigenvalue weighted by molar-refractivity contribution is -0.139. The second kappa shape index (κ2) is 9.71. The Morgan fingerprint density at radius 1 is 1.36 bits per heavy atom. The second-order valence-corrected chi connectivity index (χ2v) is 6.83. The first-order valence-corrected chi connectivity index (χ1v) is 9.01. The molecule has 148 valence electrons. The number of nitriles is 1. The van der Waals surface area contributed by atoms with E-state index in [0.29, 0.717) is 23.6 Å². The average molecular weight is 403 g/mol. The van der Waals surface area contributed by atoms with Gasteiger partial charge in [-0.3, -0.25) is 4.79 Å². The van der Waals surface area contributed by atoms with Crippen LogP contribution in [0.3, 0.4) is 0 Å². The molecule has 0 saturated carbocycles. The molecule has 0 spiro atoms. The first-order valence-electron chi connectivity index (χ1n) is 8.50. The number of nitrogens with zero attached hydrogens (tertiary/aromatic N) is 1. The summed E-state index contributed by atoms with van der Waals surface area (Å²) in [5.41, 5.74) is 0.120. The quantitative estimate of drug-likeness (QED) is 0.489. The zero-order valence-electron chi connectivity index (χ0n) is 15.4. The number of benzene rings is 1. The third kappa shape index (κ3) is 5.69. The van der Waals surface area contributed by atoms with Gasteiger partial charge in [0.15, 0.2) is 18.1 Å². The SMILES string of the molecule is CC(C)COc1cccc(/C=C/C2=C(C#N)C(=O)NC(S)N2)c1OCC(=O)O. The molecule has 0 saturated heterocycles. The van der Waals surface area contributed by atoms with Crippen molar-refractivity contribution in [3.8, 4) is 17.6 Å². The summed E-state index contributed by atoms with van der Waals surface area (Å²) in [6.07, 6.45) is 3.15. The van der Waals surface area contributed by atoms with E-state index in [4.69, 9.17) is 14.6 Å². The van der Waals surface area contributed by atoms with Crippen LogP contribution >= 0.6 is 12.6 Å². The maximum absolute atomic E-state index is 11.9. The summed E-state index contributed by atoms with van der Waals surface area (Å²) < 4.78 is 11.2. The van der Waals surface area contributed by atoms with E-state index in [9.17, 15) is 14.9 Å². The maximum Gasteiger partial charge on any atom is 0.341 e. The highest BCUT2D eigenvalue weighted by Crippen LogP contribution is 2.33. The van der Waals surface area contributed by atoms with Crippen molar-refractivity contribution in [2.75, 3.05) is 13.2 Å². The van der Waals surface area contributed by atoms with Crippen LogP contribution in [0, 0.1) is 17.2 Å². The van der Waals surface area contributed by atoms with Crippen LogP contribution < -0.4 is 20.1 Å². The van der Waals surface area contributed by atoms with Crippen LogP contribution in [0.15, 0.2) is 35.5 Å². The number of para-hydroxylation sites is 1. The third-order valence-corrected chi connectivity index (χ3v) is 3.78. The van der Waals surface area contributed by atoms with E-state index in [-0.39, 0.29) is 17.2 Å². The van der Waals surface area contributed by atoms with E-state index in [1.54, 1.807) is 24.3 Å². The van der Waals surface area contributed by atoms with Crippen molar-refractivity contribution in [2.45, 2.75) is 19.3 Å². The number of thiol groups is 1. The van der Waals surface area contributed by atoms with Gasteiger partial charge in [0.05, 0.1) is 12.3 Å². The predicted molar refractivity (Wildman–Crippen MR) is 106 cm³/mol. The van der Waals surface area contributed by atoms with Gasteiger partial charge in [0.2, 0.25) is 0 Å². The van der Waals surface area contributed by atoms with Crippen LogP contribution in [-0.2, 0) is 9.59 Å². The van der Waals surface area contributed by atoms with Gasteiger partial charge in [0, 0.05) is 5.56 Å². The number of carbonyl (C=O) groups excluding carboxylic acids is 1. The molecule has 1 amide bonds. The molecule has 1 aliphatic heterocycles. The molecule has 1 aromatic rings. The number of carboxylic acids is 1. The maximum atomic E-state index is 11.9. The van der Waals surface area contributed by atoms with Gasteiger partial charge < -0.3 is 25.2 Å². The Morgan fingerprint density at radius 2 is 2.11 bits per heavy atom. The van der Waals surface area contributed by atoms with Crippen LogP contribution in [0.1, 0.15) is 19.4 Å². The molecule has 28 heavy (non-hydrogen) atoms. The molecular weight excluding hydrogens is 382 g/mol. The van der Waals surface area contributed by atoms with E-state index in [2.05, 4.69) is 23.3 Å². The molecule has 2 rings (SSSR count). The molecule has 0 bridgehead atoms. The molecule has 0 aliphatic carbocycles. The zero-order valence-corrected chi connectivity index (χ0v) is 16.3. The normalized spacial score (nSPS) is 16.5. The van der Waals surface area contributed by atoms with E-state index in [1.807, 2.05) is 19.9 Å². The van der Waals surface area contributed by atoms with Gasteiger partial charge in [-0.25, -0.2) is 4.79 Å². The molecule has 9 heteroatoms. The number of allylic oxidation sites excluding steroid dienone is 1. The largest absolute Gasteiger partial charge is 0.489 e. The number of amides is 1. The third-order valence-electron chi connectivity index (χ3n) is 3.52. The number of carbonyl (C=O) groups is 2. The predicted octanol–water partition coefficient (Wildman–Crippen LogP) is 1.91. The number of carboxylic acid groups (broad SMARTS) is 1. The Kier molecular flexibility index (Phi) is 7.35. The van der Waals surface area contributed by atoms with E-state index in [1.165, 1.54) is 6.08 Å². The fourth-order valence-corrected chi connectivity index (χ4v) is 2.57. The Morgan fingerprint density at radius 3 is 2.75 bits per heavy atom. The van der Waals surface area contributed by atoms with Gasteiger partial charge in [0.25, 0.3) is 5.91 Å². The Balaban J connectivity index is 2.39. The summed E-state index contributed by atoms with van der Waals surface area (Å²) >= 11 is 4.15. The lowest BCUT2D eigenvalue weighted by Gasteiger charge is -2.22. The van der Waals surface area contributed by atoms with Crippen LogP contribution in [0.4, 0.5) is 0 Å². The Labute approximate surface area is 168 Å². The molecule has 8 nitrogen and oxygen atoms in total. The average Bonchev–Trinajstić information content (AvgIpc) is 2.62. The van der Waals surface area contributed by atoms with Crippen molar-refractivity contribution in [1.82, 2.24) is 10.6 Å². The van der Waals surface area contributed by atoms with Crippen molar-refractivity contribution in [3.63, 3.8) is 0 Å². The fourth-order valence-electron chi connectivity index (χ4n) is 2.31. The summed E-state index contributed by atoms with van der Waals surface area (Å²) in [5.74, 6) is -0.701. The van der Waals surface area contributed by atoms with Crippen molar-refractivity contribution >= 4 is 30.6 Å². The Bertz CT molecular complexity index is 858. The second-order valence-electron chi connectivity index (χ2n) is 6.32. The smallest absolute Gasteiger partial charge is 0.341 e. The molecular formula is C19H21N3O5S. The van der Waals surface area contributed by atoms with Gasteiger partial charge in [-0.05, 0) is 24.1 Å². The van der Waals surface area contributed by atoms with Crippen LogP contribution in [0.2, 0.25) is 0 Å². The van der Waals surface area contributed by atoms with Crippen LogP contribution in [-0.4, -0.2) is 35.7 Å². The molecule has 0 aromatic heterocycles. The zero-order chi connectivity index (χ0) is 20.7. The first kappa shape index (κ1) is 21.2. The first-order chi connectivity index (χ1) is 13.3. The van der Waals surface area contributed by atoms with E-state index >= 15 is 0 Å². The molecule has 3 N–H and O–H groups in total. The van der Waals surface area contributed by atoms with Gasteiger partial charge in [0.1, 0.15) is 17.1 Å². The van der Waals surface area contributed by atoms with Gasteiger partial charge in [-0.2, -0.15) is 5.26 Å². The lowest BCUT2D eigenvalue weighted by atomic mass is 10.1. The highest BCUT2D eigenvalue weighted by atomic mass is 32.1. The number of rotatable bonds is 8. The monoisotopic (exact) mass is 403 g/mol. The number of hydrogen-bond donors (Lipinski definition) is 4. The van der Waals surface area contributed by atoms with Gasteiger partial charge in [-0.15, -0.1) is 12.6 Å². The fraction of sp³-hybridized carbons (Fsp3) is 0.316. The molecule has 0 radical (unpaired) electrons. The van der Waals surface area contributed by atoms with Gasteiger partial charge in [-0.1, -0.05) is 26.0 Å². The molecule has 1 aromatic carbocycles. The van der Waals surface area contributed by atoms with Crippen molar-refractivity contribution in [3.05, 3.63) is 41.1 Å². The van der Waals surface area contributed by atoms with Crippen molar-refractivity contribution in [1.29, 1.82) is 5.26 Å². The van der Waals surface area contributed by atoms with Crippen LogP contribution in [0.25, 0.3) is 6.08 Å². The molecule has 0 fully saturated rings. The molecule has 1 atom stereocenters. The summed E-state index contributed by atoms with van der Waals surface area (Å²) in [6, 6.07) is 6.99. The van der Waals surface area contributed by atoms with E-state index in [0.717, 1.165) is 0 Å². The lowest BCUT2D eigenvalue weighted by Crippen LogP contribution is -2.46. The minimum absolute atomic E-state index is 0.0817. The minimum Gasteiger partial charge on any atom is -0.489 e. The topological polar surface area (TPSA) is 121 Å². The number of ether oxygens (including phenoxy) is 2. The number of nitrogens with one attached hydrogen (secondary N) is 2. The summed E-state index contributed by atoms with van der Waals surface area (Å²) in [4.78, 5) is 22.8. The molecule has 1 unspecified atom stereocenters. The van der Waals surface area contributed by atoms with Crippen molar-refractivity contribution < 1.29 is 24.2 Å². The Hall–Kier alpha value is -3.12. The molecule has 1 aliphatic rings. The molecule has 1 heterocycles. The number of hydrogen-bond acceptors (Lipinski definition) is 7.